The third-order valence-electron chi connectivity index (χ3n) is 3.79. The zero-order valence-corrected chi connectivity index (χ0v) is 11.4. The molecule has 0 spiro atoms. The lowest BCUT2D eigenvalue weighted by Gasteiger charge is -2.30. The molecule has 0 saturated carbocycles. The summed E-state index contributed by atoms with van der Waals surface area (Å²) in [6.45, 7) is 7.53. The molecular weight excluding hydrogens is 236 g/mol. The van der Waals surface area contributed by atoms with Crippen LogP contribution in [0, 0.1) is 5.92 Å². The molecule has 2 nitrogen and oxygen atoms in total. The molecule has 100 valence electrons. The van der Waals surface area contributed by atoms with Gasteiger partial charge in [0.2, 0.25) is 0 Å². The van der Waals surface area contributed by atoms with Crippen molar-refractivity contribution in [3.63, 3.8) is 0 Å². The van der Waals surface area contributed by atoms with Crippen molar-refractivity contribution in [3.8, 4) is 5.75 Å². The molecule has 2 unspecified atom stereocenters. The average molecular weight is 256 g/mol. The number of fused-ring (bicyclic) bond motifs is 1. The van der Waals surface area contributed by atoms with E-state index in [-0.39, 0.29) is 17.6 Å². The third kappa shape index (κ3) is 2.48. The van der Waals surface area contributed by atoms with E-state index >= 15 is 0 Å². The van der Waals surface area contributed by atoms with Crippen LogP contribution in [0.3, 0.4) is 0 Å². The fraction of sp³-hybridized carbons (Fsp3) is 0.353. The van der Waals surface area contributed by atoms with Crippen LogP contribution in [-0.2, 0) is 11.2 Å². The molecule has 2 rings (SSSR count). The van der Waals surface area contributed by atoms with Crippen molar-refractivity contribution in [2.75, 3.05) is 7.11 Å². The second kappa shape index (κ2) is 5.87. The van der Waals surface area contributed by atoms with Crippen molar-refractivity contribution in [3.05, 3.63) is 54.6 Å². The van der Waals surface area contributed by atoms with Crippen molar-refractivity contribution in [1.29, 1.82) is 0 Å². The SMILES string of the molecule is C=CCC1Cc2cccc(OC)c2C(CC=C)C1=O. The molecule has 2 atom stereocenters. The Kier molecular flexibility index (Phi) is 4.20. The van der Waals surface area contributed by atoms with Gasteiger partial charge in [-0.15, -0.1) is 13.2 Å². The number of benzene rings is 1. The fourth-order valence-electron chi connectivity index (χ4n) is 2.94. The summed E-state index contributed by atoms with van der Waals surface area (Å²) in [5.41, 5.74) is 2.27. The van der Waals surface area contributed by atoms with Crippen molar-refractivity contribution >= 4 is 5.78 Å². The highest BCUT2D eigenvalue weighted by molar-refractivity contribution is 5.91. The van der Waals surface area contributed by atoms with Gasteiger partial charge in [0.15, 0.2) is 0 Å². The van der Waals surface area contributed by atoms with E-state index in [4.69, 9.17) is 4.74 Å². The van der Waals surface area contributed by atoms with E-state index in [1.165, 1.54) is 5.56 Å². The summed E-state index contributed by atoms with van der Waals surface area (Å²) >= 11 is 0. The van der Waals surface area contributed by atoms with Crippen LogP contribution in [0.4, 0.5) is 0 Å². The van der Waals surface area contributed by atoms with Gasteiger partial charge in [-0.3, -0.25) is 4.79 Å². The van der Waals surface area contributed by atoms with Gasteiger partial charge < -0.3 is 4.74 Å². The average Bonchev–Trinajstić information content (AvgIpc) is 2.43. The van der Waals surface area contributed by atoms with Crippen molar-refractivity contribution in [2.24, 2.45) is 5.92 Å². The van der Waals surface area contributed by atoms with E-state index in [2.05, 4.69) is 19.2 Å². The molecule has 0 heterocycles. The second-order valence-electron chi connectivity index (χ2n) is 4.94. The van der Waals surface area contributed by atoms with Crippen LogP contribution in [0.25, 0.3) is 0 Å². The first-order chi connectivity index (χ1) is 9.22. The lowest BCUT2D eigenvalue weighted by atomic mass is 9.73. The molecular formula is C17H20O2. The van der Waals surface area contributed by atoms with E-state index < -0.39 is 0 Å². The van der Waals surface area contributed by atoms with Crippen molar-refractivity contribution in [1.82, 2.24) is 0 Å². The number of hydrogen-bond acceptors (Lipinski definition) is 2. The van der Waals surface area contributed by atoms with Gasteiger partial charge in [0, 0.05) is 11.5 Å². The molecule has 0 aliphatic heterocycles. The normalized spacial score (nSPS) is 21.6. The van der Waals surface area contributed by atoms with Crippen LogP contribution in [-0.4, -0.2) is 12.9 Å². The molecule has 19 heavy (non-hydrogen) atoms. The highest BCUT2D eigenvalue weighted by Crippen LogP contribution is 2.40. The van der Waals surface area contributed by atoms with Gasteiger partial charge in [0.1, 0.15) is 11.5 Å². The largest absolute Gasteiger partial charge is 0.496 e. The van der Waals surface area contributed by atoms with E-state index in [1.54, 1.807) is 7.11 Å². The van der Waals surface area contributed by atoms with E-state index in [1.807, 2.05) is 24.3 Å². The number of carbonyl (C=O) groups is 1. The molecule has 0 N–H and O–H groups in total. The summed E-state index contributed by atoms with van der Waals surface area (Å²) in [6.07, 6.45) is 5.84. The highest BCUT2D eigenvalue weighted by Gasteiger charge is 2.35. The van der Waals surface area contributed by atoms with Gasteiger partial charge in [-0.2, -0.15) is 0 Å². The van der Waals surface area contributed by atoms with Gasteiger partial charge >= 0.3 is 0 Å². The molecule has 1 aromatic carbocycles. The smallest absolute Gasteiger partial charge is 0.144 e. The second-order valence-corrected chi connectivity index (χ2v) is 4.94. The van der Waals surface area contributed by atoms with Crippen LogP contribution >= 0.6 is 0 Å². The van der Waals surface area contributed by atoms with Crippen LogP contribution in [0.2, 0.25) is 0 Å². The Balaban J connectivity index is 2.49. The Morgan fingerprint density at radius 3 is 2.68 bits per heavy atom. The first kappa shape index (κ1) is 13.6. The summed E-state index contributed by atoms with van der Waals surface area (Å²) in [6, 6.07) is 6.01. The van der Waals surface area contributed by atoms with Gasteiger partial charge in [-0.25, -0.2) is 0 Å². The zero-order valence-electron chi connectivity index (χ0n) is 11.4. The van der Waals surface area contributed by atoms with Crippen molar-refractivity contribution in [2.45, 2.75) is 25.2 Å². The van der Waals surface area contributed by atoms with Crippen LogP contribution in [0.1, 0.15) is 29.9 Å². The topological polar surface area (TPSA) is 26.3 Å². The van der Waals surface area contributed by atoms with Gasteiger partial charge in [0.25, 0.3) is 0 Å². The van der Waals surface area contributed by atoms with E-state index in [0.29, 0.717) is 6.42 Å². The first-order valence-electron chi connectivity index (χ1n) is 6.64. The summed E-state index contributed by atoms with van der Waals surface area (Å²) < 4.78 is 5.43. The molecule has 1 aliphatic rings. The third-order valence-corrected chi connectivity index (χ3v) is 3.79. The van der Waals surface area contributed by atoms with Crippen LogP contribution < -0.4 is 4.74 Å². The Bertz CT molecular complexity index is 502. The van der Waals surface area contributed by atoms with Crippen molar-refractivity contribution < 1.29 is 9.53 Å². The van der Waals surface area contributed by atoms with Crippen LogP contribution in [0.5, 0.6) is 5.75 Å². The lowest BCUT2D eigenvalue weighted by Crippen LogP contribution is -2.30. The molecule has 1 aliphatic carbocycles. The molecule has 0 saturated heterocycles. The fourth-order valence-corrected chi connectivity index (χ4v) is 2.94. The van der Waals surface area contributed by atoms with E-state index in [9.17, 15) is 4.79 Å². The molecule has 0 aromatic heterocycles. The maximum Gasteiger partial charge on any atom is 0.144 e. The maximum absolute atomic E-state index is 12.6. The van der Waals surface area contributed by atoms with Gasteiger partial charge in [-0.05, 0) is 30.9 Å². The number of methoxy groups -OCH3 is 1. The number of rotatable bonds is 5. The van der Waals surface area contributed by atoms with Gasteiger partial charge in [-0.1, -0.05) is 24.3 Å². The zero-order chi connectivity index (χ0) is 13.8. The predicted molar refractivity (Wildman–Crippen MR) is 77.6 cm³/mol. The number of hydrogen-bond donors (Lipinski definition) is 0. The maximum atomic E-state index is 12.6. The Labute approximate surface area is 114 Å². The first-order valence-corrected chi connectivity index (χ1v) is 6.64. The molecule has 0 amide bonds. The summed E-state index contributed by atoms with van der Waals surface area (Å²) in [5.74, 6) is 1.02. The number of carbonyl (C=O) groups excluding carboxylic acids is 1. The molecule has 0 fully saturated rings. The Morgan fingerprint density at radius 1 is 1.32 bits per heavy atom. The molecule has 0 radical (unpaired) electrons. The Hall–Kier alpha value is -1.83. The number of ketones is 1. The standard InChI is InChI=1S/C17H20O2/c1-4-7-13-11-12-9-6-10-15(19-3)16(12)14(8-5-2)17(13)18/h4-6,9-10,13-14H,1-2,7-8,11H2,3H3. The minimum Gasteiger partial charge on any atom is -0.496 e. The predicted octanol–water partition coefficient (Wildman–Crippen LogP) is 3.67. The molecule has 0 bridgehead atoms. The highest BCUT2D eigenvalue weighted by atomic mass is 16.5. The number of allylic oxidation sites excluding steroid dienone is 2. The Morgan fingerprint density at radius 2 is 2.05 bits per heavy atom. The van der Waals surface area contributed by atoms with E-state index in [0.717, 1.165) is 24.2 Å². The number of ether oxygens (including phenoxy) is 1. The molecule has 1 aromatic rings. The summed E-state index contributed by atoms with van der Waals surface area (Å²) in [7, 11) is 1.65. The minimum absolute atomic E-state index is 0.0436. The van der Waals surface area contributed by atoms with Gasteiger partial charge in [0.05, 0.1) is 13.0 Å². The monoisotopic (exact) mass is 256 g/mol. The quantitative estimate of drug-likeness (QED) is 0.751. The summed E-state index contributed by atoms with van der Waals surface area (Å²) in [5, 5.41) is 0. The number of Topliss-reactive ketones (excluding diaryl/α,β-unsaturated/α-hetero) is 1. The minimum atomic E-state index is -0.123. The lowest BCUT2D eigenvalue weighted by molar-refractivity contribution is -0.124. The summed E-state index contributed by atoms with van der Waals surface area (Å²) in [4.78, 5) is 12.6. The molecule has 2 heteroatoms. The van der Waals surface area contributed by atoms with Crippen LogP contribution in [0.15, 0.2) is 43.5 Å².